The van der Waals surface area contributed by atoms with Gasteiger partial charge in [0.1, 0.15) is 30.9 Å². The minimum absolute atomic E-state index is 0.200. The van der Waals surface area contributed by atoms with Gasteiger partial charge in [-0.2, -0.15) is 0 Å². The Kier molecular flexibility index (Phi) is 4.50. The molecule has 2 heterocycles. The molecule has 1 amide bonds. The smallest absolute Gasteiger partial charge is 0.413 e. The fourth-order valence-corrected chi connectivity index (χ4v) is 1.76. The zero-order chi connectivity index (χ0) is 15.2. The highest BCUT2D eigenvalue weighted by Gasteiger charge is 2.23. The molecular weight excluding hydrogens is 284 g/mol. The molecule has 114 valence electrons. The van der Waals surface area contributed by atoms with Crippen molar-refractivity contribution in [1.29, 1.82) is 0 Å². The predicted molar refractivity (Wildman–Crippen MR) is 79.7 cm³/mol. The number of benzene rings is 1. The van der Waals surface area contributed by atoms with Crippen molar-refractivity contribution in [1.82, 2.24) is 4.98 Å². The Morgan fingerprint density at radius 2 is 2.09 bits per heavy atom. The number of carbonyl (C=O) groups is 1. The second-order valence-electron chi connectivity index (χ2n) is 4.83. The second-order valence-corrected chi connectivity index (χ2v) is 4.83. The fraction of sp³-hybridized carbons (Fsp3) is 0.250. The van der Waals surface area contributed by atoms with Crippen LogP contribution >= 0.6 is 0 Å². The van der Waals surface area contributed by atoms with Crippen LogP contribution in [0.3, 0.4) is 0 Å². The number of amides is 1. The molecule has 1 N–H and O–H groups in total. The third-order valence-electron chi connectivity index (χ3n) is 3.02. The van der Waals surface area contributed by atoms with Gasteiger partial charge in [0.25, 0.3) is 0 Å². The van der Waals surface area contributed by atoms with Gasteiger partial charge in [0.2, 0.25) is 0 Å². The highest BCUT2D eigenvalue weighted by molar-refractivity contribution is 5.83. The topological polar surface area (TPSA) is 73.0 Å². The maximum atomic E-state index is 11.7. The van der Waals surface area contributed by atoms with Crippen molar-refractivity contribution >= 4 is 11.9 Å². The fourth-order valence-electron chi connectivity index (χ4n) is 1.76. The van der Waals surface area contributed by atoms with Gasteiger partial charge < -0.3 is 14.2 Å². The third-order valence-corrected chi connectivity index (χ3v) is 3.02. The SMILES string of the molecule is O=C(Nc1ccc(OC[C@@H]2CO2)cn1)OCc1ccccc1. The summed E-state index contributed by atoms with van der Waals surface area (Å²) in [5.41, 5.74) is 0.927. The highest BCUT2D eigenvalue weighted by atomic mass is 16.6. The van der Waals surface area contributed by atoms with E-state index < -0.39 is 6.09 Å². The summed E-state index contributed by atoms with van der Waals surface area (Å²) in [7, 11) is 0. The van der Waals surface area contributed by atoms with Crippen LogP contribution in [-0.2, 0) is 16.1 Å². The van der Waals surface area contributed by atoms with E-state index in [0.717, 1.165) is 12.2 Å². The molecule has 0 spiro atoms. The number of anilines is 1. The Bertz CT molecular complexity index is 612. The van der Waals surface area contributed by atoms with Crippen LogP contribution in [0.5, 0.6) is 5.75 Å². The zero-order valence-corrected chi connectivity index (χ0v) is 11.9. The molecule has 1 aliphatic heterocycles. The molecule has 1 aliphatic rings. The number of carbonyl (C=O) groups excluding carboxylic acids is 1. The molecule has 22 heavy (non-hydrogen) atoms. The Labute approximate surface area is 128 Å². The lowest BCUT2D eigenvalue weighted by atomic mass is 10.2. The minimum atomic E-state index is -0.545. The first-order valence-electron chi connectivity index (χ1n) is 6.98. The number of hydrogen-bond acceptors (Lipinski definition) is 5. The maximum absolute atomic E-state index is 11.7. The summed E-state index contributed by atoms with van der Waals surface area (Å²) in [5, 5.41) is 2.56. The van der Waals surface area contributed by atoms with E-state index in [1.165, 1.54) is 0 Å². The summed E-state index contributed by atoms with van der Waals surface area (Å²) in [6, 6.07) is 12.9. The average Bonchev–Trinajstić information content (AvgIpc) is 3.38. The normalized spacial score (nSPS) is 15.9. The number of nitrogens with zero attached hydrogens (tertiary/aromatic N) is 1. The number of hydrogen-bond donors (Lipinski definition) is 1. The number of aromatic nitrogens is 1. The molecule has 0 bridgehead atoms. The Morgan fingerprint density at radius 3 is 2.77 bits per heavy atom. The van der Waals surface area contributed by atoms with Crippen molar-refractivity contribution < 1.29 is 19.0 Å². The molecule has 6 nitrogen and oxygen atoms in total. The van der Waals surface area contributed by atoms with Gasteiger partial charge in [-0.3, -0.25) is 5.32 Å². The summed E-state index contributed by atoms with van der Waals surface area (Å²) in [6.45, 7) is 1.49. The van der Waals surface area contributed by atoms with Crippen LogP contribution in [-0.4, -0.2) is 30.4 Å². The predicted octanol–water partition coefficient (Wildman–Crippen LogP) is 2.61. The molecule has 1 saturated heterocycles. The molecule has 2 aromatic rings. The maximum Gasteiger partial charge on any atom is 0.413 e. The number of rotatable bonds is 6. The van der Waals surface area contributed by atoms with Crippen LogP contribution < -0.4 is 10.1 Å². The van der Waals surface area contributed by atoms with E-state index in [-0.39, 0.29) is 12.7 Å². The second kappa shape index (κ2) is 6.91. The molecule has 0 aliphatic carbocycles. The molecule has 6 heteroatoms. The van der Waals surface area contributed by atoms with Crippen LogP contribution in [0, 0.1) is 0 Å². The van der Waals surface area contributed by atoms with Crippen molar-refractivity contribution in [2.45, 2.75) is 12.7 Å². The van der Waals surface area contributed by atoms with Crippen LogP contribution in [0.4, 0.5) is 10.6 Å². The van der Waals surface area contributed by atoms with Crippen LogP contribution in [0.2, 0.25) is 0 Å². The number of epoxide rings is 1. The Morgan fingerprint density at radius 1 is 1.27 bits per heavy atom. The summed E-state index contributed by atoms with van der Waals surface area (Å²) in [5.74, 6) is 1.05. The summed E-state index contributed by atoms with van der Waals surface area (Å²) < 4.78 is 15.6. The van der Waals surface area contributed by atoms with Gasteiger partial charge in [-0.25, -0.2) is 9.78 Å². The van der Waals surface area contributed by atoms with Crippen molar-refractivity contribution in [3.63, 3.8) is 0 Å². The van der Waals surface area contributed by atoms with Crippen molar-refractivity contribution in [3.05, 3.63) is 54.2 Å². The number of pyridine rings is 1. The van der Waals surface area contributed by atoms with E-state index in [4.69, 9.17) is 14.2 Å². The quantitative estimate of drug-likeness (QED) is 0.830. The van der Waals surface area contributed by atoms with Crippen molar-refractivity contribution in [3.8, 4) is 5.75 Å². The summed E-state index contributed by atoms with van der Waals surface area (Å²) in [4.78, 5) is 15.8. The highest BCUT2D eigenvalue weighted by Crippen LogP contribution is 2.15. The van der Waals surface area contributed by atoms with Gasteiger partial charge >= 0.3 is 6.09 Å². The van der Waals surface area contributed by atoms with Crippen LogP contribution in [0.15, 0.2) is 48.7 Å². The van der Waals surface area contributed by atoms with Crippen molar-refractivity contribution in [2.75, 3.05) is 18.5 Å². The molecule has 1 aromatic heterocycles. The third kappa shape index (κ3) is 4.46. The first-order chi connectivity index (χ1) is 10.8. The number of ether oxygens (including phenoxy) is 3. The van der Waals surface area contributed by atoms with E-state index in [0.29, 0.717) is 18.2 Å². The molecule has 0 radical (unpaired) electrons. The molecule has 1 fully saturated rings. The molecular formula is C16H16N2O4. The standard InChI is InChI=1S/C16H16N2O4/c19-16(22-9-12-4-2-1-3-5-12)18-15-7-6-13(8-17-15)20-10-14-11-21-14/h1-8,14H,9-11H2,(H,17,18,19)/t14-/m1/s1. The minimum Gasteiger partial charge on any atom is -0.489 e. The zero-order valence-electron chi connectivity index (χ0n) is 11.9. The first kappa shape index (κ1) is 14.3. The largest absolute Gasteiger partial charge is 0.489 e. The lowest BCUT2D eigenvalue weighted by Crippen LogP contribution is -2.14. The Hall–Kier alpha value is -2.60. The van der Waals surface area contributed by atoms with E-state index in [1.54, 1.807) is 18.3 Å². The van der Waals surface area contributed by atoms with Gasteiger partial charge in [-0.05, 0) is 17.7 Å². The van der Waals surface area contributed by atoms with Crippen LogP contribution in [0.25, 0.3) is 0 Å². The van der Waals surface area contributed by atoms with Crippen molar-refractivity contribution in [2.24, 2.45) is 0 Å². The molecule has 0 unspecified atom stereocenters. The van der Waals surface area contributed by atoms with Gasteiger partial charge in [-0.15, -0.1) is 0 Å². The molecule has 0 saturated carbocycles. The van der Waals surface area contributed by atoms with Gasteiger partial charge in [0.15, 0.2) is 0 Å². The lowest BCUT2D eigenvalue weighted by Gasteiger charge is -2.07. The molecule has 1 aromatic carbocycles. The van der Waals surface area contributed by atoms with E-state index in [1.807, 2.05) is 30.3 Å². The molecule has 3 rings (SSSR count). The van der Waals surface area contributed by atoms with E-state index >= 15 is 0 Å². The van der Waals surface area contributed by atoms with Crippen LogP contribution in [0.1, 0.15) is 5.56 Å². The lowest BCUT2D eigenvalue weighted by molar-refractivity contribution is 0.155. The summed E-state index contributed by atoms with van der Waals surface area (Å²) >= 11 is 0. The molecule has 1 atom stereocenters. The average molecular weight is 300 g/mol. The van der Waals surface area contributed by atoms with Gasteiger partial charge in [-0.1, -0.05) is 30.3 Å². The number of nitrogens with one attached hydrogen (secondary N) is 1. The van der Waals surface area contributed by atoms with E-state index in [9.17, 15) is 4.79 Å². The van der Waals surface area contributed by atoms with Gasteiger partial charge in [0.05, 0.1) is 12.8 Å². The van der Waals surface area contributed by atoms with Gasteiger partial charge in [0, 0.05) is 0 Å². The monoisotopic (exact) mass is 300 g/mol. The summed E-state index contributed by atoms with van der Waals surface area (Å²) in [6.07, 6.45) is 1.21. The van der Waals surface area contributed by atoms with E-state index in [2.05, 4.69) is 10.3 Å². The Balaban J connectivity index is 1.44. The first-order valence-corrected chi connectivity index (χ1v) is 6.98.